The van der Waals surface area contributed by atoms with Gasteiger partial charge in [0.25, 0.3) is 0 Å². The normalized spacial score (nSPS) is 22.2. The molecule has 3 nitrogen and oxygen atoms in total. The van der Waals surface area contributed by atoms with Crippen molar-refractivity contribution >= 4 is 17.1 Å². The summed E-state index contributed by atoms with van der Waals surface area (Å²) >= 11 is 1.64. The largest absolute Gasteiger partial charge is 0.303 e. The van der Waals surface area contributed by atoms with Crippen molar-refractivity contribution < 1.29 is 4.79 Å². The second-order valence-corrected chi connectivity index (χ2v) is 5.25. The number of rotatable bonds is 3. The minimum Gasteiger partial charge on any atom is -0.303 e. The Kier molecular flexibility index (Phi) is 3.71. The molecule has 1 unspecified atom stereocenters. The number of Topliss-reactive ketones (excluding diaryl/α,β-unsaturated/α-hetero) is 1. The molecular formula is C12H18N2OS. The number of piperidine rings is 1. The Hall–Kier alpha value is -0.740. The predicted octanol–water partition coefficient (Wildman–Crippen LogP) is 2.55. The van der Waals surface area contributed by atoms with Crippen molar-refractivity contribution in [1.82, 2.24) is 9.88 Å². The van der Waals surface area contributed by atoms with E-state index in [1.54, 1.807) is 18.3 Å². The number of nitrogens with zero attached hydrogens (tertiary/aromatic N) is 2. The lowest BCUT2D eigenvalue weighted by molar-refractivity contribution is 0.101. The van der Waals surface area contributed by atoms with Gasteiger partial charge in [0.1, 0.15) is 5.69 Å². The van der Waals surface area contributed by atoms with Crippen molar-refractivity contribution in [2.45, 2.75) is 32.6 Å². The van der Waals surface area contributed by atoms with Crippen LogP contribution in [-0.4, -0.2) is 35.3 Å². The van der Waals surface area contributed by atoms with Crippen LogP contribution in [0.3, 0.4) is 0 Å². The van der Waals surface area contributed by atoms with Crippen LogP contribution in [0.15, 0.2) is 5.38 Å². The Morgan fingerprint density at radius 1 is 1.69 bits per heavy atom. The van der Waals surface area contributed by atoms with Crippen LogP contribution in [0.2, 0.25) is 0 Å². The number of likely N-dealkylation sites (N-methyl/N-ethyl adjacent to an activating group) is 1. The highest BCUT2D eigenvalue weighted by Crippen LogP contribution is 2.29. The summed E-state index contributed by atoms with van der Waals surface area (Å²) in [5.74, 6) is 0.609. The van der Waals surface area contributed by atoms with Gasteiger partial charge in [-0.1, -0.05) is 6.92 Å². The molecule has 1 aromatic heterocycles. The van der Waals surface area contributed by atoms with Crippen LogP contribution in [-0.2, 0) is 0 Å². The summed E-state index contributed by atoms with van der Waals surface area (Å²) in [7, 11) is 0. The Balaban J connectivity index is 2.08. The Morgan fingerprint density at radius 3 is 3.12 bits per heavy atom. The molecule has 0 radical (unpaired) electrons. The molecule has 1 aliphatic rings. The fraction of sp³-hybridized carbons (Fsp3) is 0.667. The zero-order chi connectivity index (χ0) is 11.5. The SMILES string of the molecule is CCN1CCCC(c2nc(C(C)=O)cs2)C1. The number of carbonyl (C=O) groups is 1. The van der Waals surface area contributed by atoms with Crippen molar-refractivity contribution in [1.29, 1.82) is 0 Å². The summed E-state index contributed by atoms with van der Waals surface area (Å²) in [5.41, 5.74) is 0.633. The van der Waals surface area contributed by atoms with Gasteiger partial charge in [-0.2, -0.15) is 0 Å². The fourth-order valence-electron chi connectivity index (χ4n) is 2.18. The molecule has 0 aliphatic carbocycles. The molecule has 88 valence electrons. The number of thiazole rings is 1. The molecule has 1 atom stereocenters. The smallest absolute Gasteiger partial charge is 0.178 e. The van der Waals surface area contributed by atoms with Crippen LogP contribution in [0.1, 0.15) is 48.1 Å². The summed E-state index contributed by atoms with van der Waals surface area (Å²) < 4.78 is 0. The number of aromatic nitrogens is 1. The van der Waals surface area contributed by atoms with E-state index in [4.69, 9.17) is 0 Å². The fourth-order valence-corrected chi connectivity index (χ4v) is 3.17. The van der Waals surface area contributed by atoms with Crippen molar-refractivity contribution in [2.24, 2.45) is 0 Å². The van der Waals surface area contributed by atoms with Crippen LogP contribution in [0, 0.1) is 0 Å². The second-order valence-electron chi connectivity index (χ2n) is 4.36. The lowest BCUT2D eigenvalue weighted by Gasteiger charge is -2.30. The molecule has 1 saturated heterocycles. The number of likely N-dealkylation sites (tertiary alicyclic amines) is 1. The van der Waals surface area contributed by atoms with Crippen molar-refractivity contribution in [3.8, 4) is 0 Å². The van der Waals surface area contributed by atoms with E-state index in [0.29, 0.717) is 11.6 Å². The van der Waals surface area contributed by atoms with Gasteiger partial charge >= 0.3 is 0 Å². The van der Waals surface area contributed by atoms with E-state index in [0.717, 1.165) is 18.1 Å². The molecular weight excluding hydrogens is 220 g/mol. The zero-order valence-corrected chi connectivity index (χ0v) is 10.7. The summed E-state index contributed by atoms with van der Waals surface area (Å²) in [6.07, 6.45) is 2.45. The van der Waals surface area contributed by atoms with Crippen molar-refractivity contribution in [2.75, 3.05) is 19.6 Å². The minimum absolute atomic E-state index is 0.0747. The molecule has 0 saturated carbocycles. The third-order valence-corrected chi connectivity index (χ3v) is 4.19. The van der Waals surface area contributed by atoms with Crippen LogP contribution in [0.25, 0.3) is 0 Å². The van der Waals surface area contributed by atoms with Gasteiger partial charge in [-0.05, 0) is 25.9 Å². The number of hydrogen-bond acceptors (Lipinski definition) is 4. The Labute approximate surface area is 100 Å². The molecule has 0 amide bonds. The average Bonchev–Trinajstić information content (AvgIpc) is 2.78. The highest BCUT2D eigenvalue weighted by Gasteiger charge is 2.23. The summed E-state index contributed by atoms with van der Waals surface area (Å²) in [6, 6.07) is 0. The van der Waals surface area contributed by atoms with E-state index >= 15 is 0 Å². The van der Waals surface area contributed by atoms with Gasteiger partial charge in [-0.15, -0.1) is 11.3 Å². The van der Waals surface area contributed by atoms with E-state index in [1.807, 2.05) is 5.38 Å². The van der Waals surface area contributed by atoms with Crippen LogP contribution in [0.4, 0.5) is 0 Å². The molecule has 2 heterocycles. The van der Waals surface area contributed by atoms with Gasteiger partial charge in [0, 0.05) is 24.8 Å². The molecule has 1 aromatic rings. The number of ketones is 1. The molecule has 1 fully saturated rings. The quantitative estimate of drug-likeness (QED) is 0.759. The molecule has 1 aliphatic heterocycles. The molecule has 0 N–H and O–H groups in total. The third-order valence-electron chi connectivity index (χ3n) is 3.18. The van der Waals surface area contributed by atoms with Gasteiger partial charge in [0.05, 0.1) is 5.01 Å². The highest BCUT2D eigenvalue weighted by molar-refractivity contribution is 7.09. The van der Waals surface area contributed by atoms with E-state index in [-0.39, 0.29) is 5.78 Å². The maximum atomic E-state index is 11.2. The standard InChI is InChI=1S/C12H18N2OS/c1-3-14-6-4-5-10(7-14)12-13-11(8-16-12)9(2)15/h8,10H,3-7H2,1-2H3. The van der Waals surface area contributed by atoms with Crippen LogP contribution >= 0.6 is 11.3 Å². The van der Waals surface area contributed by atoms with Crippen molar-refractivity contribution in [3.63, 3.8) is 0 Å². The van der Waals surface area contributed by atoms with Crippen molar-refractivity contribution in [3.05, 3.63) is 16.1 Å². The second kappa shape index (κ2) is 5.06. The summed E-state index contributed by atoms with van der Waals surface area (Å²) in [4.78, 5) is 18.1. The molecule has 0 spiro atoms. The topological polar surface area (TPSA) is 33.2 Å². The van der Waals surface area contributed by atoms with Gasteiger partial charge in [0.2, 0.25) is 0 Å². The highest BCUT2D eigenvalue weighted by atomic mass is 32.1. The van der Waals surface area contributed by atoms with Gasteiger partial charge in [-0.25, -0.2) is 4.98 Å². The predicted molar refractivity (Wildman–Crippen MR) is 66.2 cm³/mol. The van der Waals surface area contributed by atoms with Crippen LogP contribution in [0.5, 0.6) is 0 Å². The lowest BCUT2D eigenvalue weighted by atomic mass is 9.99. The average molecular weight is 238 g/mol. The molecule has 16 heavy (non-hydrogen) atoms. The van der Waals surface area contributed by atoms with E-state index in [2.05, 4.69) is 16.8 Å². The maximum absolute atomic E-state index is 11.2. The zero-order valence-electron chi connectivity index (χ0n) is 9.90. The van der Waals surface area contributed by atoms with E-state index < -0.39 is 0 Å². The maximum Gasteiger partial charge on any atom is 0.178 e. The molecule has 4 heteroatoms. The molecule has 0 bridgehead atoms. The first-order valence-electron chi connectivity index (χ1n) is 5.89. The Morgan fingerprint density at radius 2 is 2.50 bits per heavy atom. The Bertz CT molecular complexity index is 375. The van der Waals surface area contributed by atoms with Gasteiger partial charge in [-0.3, -0.25) is 4.79 Å². The first-order chi connectivity index (χ1) is 7.70. The molecule has 0 aromatic carbocycles. The monoisotopic (exact) mass is 238 g/mol. The summed E-state index contributed by atoms with van der Waals surface area (Å²) in [6.45, 7) is 7.20. The number of hydrogen-bond donors (Lipinski definition) is 0. The molecule has 2 rings (SSSR count). The van der Waals surface area contributed by atoms with E-state index in [9.17, 15) is 4.79 Å². The summed E-state index contributed by atoms with van der Waals surface area (Å²) in [5, 5.41) is 3.03. The first kappa shape index (κ1) is 11.7. The first-order valence-corrected chi connectivity index (χ1v) is 6.77. The van der Waals surface area contributed by atoms with Crippen LogP contribution < -0.4 is 0 Å². The minimum atomic E-state index is 0.0747. The van der Waals surface area contributed by atoms with E-state index in [1.165, 1.54) is 19.4 Å². The third kappa shape index (κ3) is 2.50. The number of carbonyl (C=O) groups excluding carboxylic acids is 1. The lowest BCUT2D eigenvalue weighted by Crippen LogP contribution is -2.34. The van der Waals surface area contributed by atoms with Gasteiger partial charge < -0.3 is 4.90 Å². The van der Waals surface area contributed by atoms with Gasteiger partial charge in [0.15, 0.2) is 5.78 Å².